The largest absolute Gasteiger partial charge is 0.240 e. The van der Waals surface area contributed by atoms with Gasteiger partial charge in [0.1, 0.15) is 0 Å². The molecule has 0 radical (unpaired) electrons. The van der Waals surface area contributed by atoms with Crippen molar-refractivity contribution >= 4 is 48.6 Å². The Morgan fingerprint density at radius 3 is 1.51 bits per heavy atom. The molecule has 2 heterocycles. The summed E-state index contributed by atoms with van der Waals surface area (Å²) in [7, 11) is 0. The van der Waals surface area contributed by atoms with Gasteiger partial charge in [0.2, 0.25) is 0 Å². The first-order valence-corrected chi connectivity index (χ1v) is 14.7. The molecule has 0 atom stereocenters. The van der Waals surface area contributed by atoms with Crippen molar-refractivity contribution in [3.8, 4) is 33.5 Å². The van der Waals surface area contributed by atoms with Crippen molar-refractivity contribution in [1.82, 2.24) is 9.61 Å². The summed E-state index contributed by atoms with van der Waals surface area (Å²) in [6, 6.07) is 54.8. The summed E-state index contributed by atoms with van der Waals surface area (Å²) in [6.07, 6.45) is 2.11. The quantitative estimate of drug-likeness (QED) is 0.201. The van der Waals surface area contributed by atoms with Gasteiger partial charge in [-0.3, -0.25) is 0 Å². The predicted molar refractivity (Wildman–Crippen MR) is 182 cm³/mol. The first-order chi connectivity index (χ1) is 21.3. The summed E-state index contributed by atoms with van der Waals surface area (Å²) < 4.78 is 1.98. The number of benzene rings is 7. The SMILES string of the molecule is c1ccc2cc(-c3c4ccccc4c(-c4ccc(-c5cc6cc7ccccc7cn6n5)cc4)c4ccccc34)ccc2c1. The highest BCUT2D eigenvalue weighted by molar-refractivity contribution is 6.21. The molecule has 43 heavy (non-hydrogen) atoms. The Hall–Kier alpha value is -5.73. The van der Waals surface area contributed by atoms with E-state index < -0.39 is 0 Å². The Bertz CT molecular complexity index is 2390. The molecule has 0 aliphatic heterocycles. The summed E-state index contributed by atoms with van der Waals surface area (Å²) >= 11 is 0. The Morgan fingerprint density at radius 1 is 0.372 bits per heavy atom. The van der Waals surface area contributed by atoms with Crippen molar-refractivity contribution in [3.63, 3.8) is 0 Å². The number of rotatable bonds is 3. The molecule has 0 amide bonds. The highest BCUT2D eigenvalue weighted by Gasteiger charge is 2.17. The predicted octanol–water partition coefficient (Wildman–Crippen LogP) is 10.9. The van der Waals surface area contributed by atoms with Crippen LogP contribution in [-0.4, -0.2) is 9.61 Å². The number of fused-ring (bicyclic) bond motifs is 5. The molecule has 0 bridgehead atoms. The van der Waals surface area contributed by atoms with E-state index in [0.29, 0.717) is 0 Å². The topological polar surface area (TPSA) is 17.3 Å². The first kappa shape index (κ1) is 23.9. The Morgan fingerprint density at radius 2 is 0.860 bits per heavy atom. The van der Waals surface area contributed by atoms with E-state index in [1.54, 1.807) is 0 Å². The molecule has 0 aliphatic carbocycles. The van der Waals surface area contributed by atoms with Gasteiger partial charge in [0.05, 0.1) is 11.2 Å². The monoisotopic (exact) mass is 546 g/mol. The highest BCUT2D eigenvalue weighted by Crippen LogP contribution is 2.44. The third-order valence-corrected chi connectivity index (χ3v) is 8.76. The van der Waals surface area contributed by atoms with Gasteiger partial charge in [-0.1, -0.05) is 133 Å². The lowest BCUT2D eigenvalue weighted by atomic mass is 9.85. The second-order valence-electron chi connectivity index (χ2n) is 11.3. The molecule has 2 heteroatoms. The second-order valence-corrected chi connectivity index (χ2v) is 11.3. The van der Waals surface area contributed by atoms with Crippen LogP contribution in [0.25, 0.3) is 82.1 Å². The van der Waals surface area contributed by atoms with E-state index in [2.05, 4.69) is 158 Å². The Balaban J connectivity index is 1.22. The summed E-state index contributed by atoms with van der Waals surface area (Å²) in [4.78, 5) is 0. The van der Waals surface area contributed by atoms with Crippen LogP contribution >= 0.6 is 0 Å². The maximum absolute atomic E-state index is 4.92. The van der Waals surface area contributed by atoms with Crippen LogP contribution in [0.15, 0.2) is 158 Å². The first-order valence-electron chi connectivity index (χ1n) is 14.7. The Labute approximate surface area is 249 Å². The van der Waals surface area contributed by atoms with Crippen molar-refractivity contribution in [2.24, 2.45) is 0 Å². The minimum atomic E-state index is 0.975. The average Bonchev–Trinajstić information content (AvgIpc) is 3.49. The van der Waals surface area contributed by atoms with Crippen molar-refractivity contribution in [3.05, 3.63) is 158 Å². The van der Waals surface area contributed by atoms with Crippen molar-refractivity contribution < 1.29 is 0 Å². The fourth-order valence-electron chi connectivity index (χ4n) is 6.72. The van der Waals surface area contributed by atoms with Crippen LogP contribution in [-0.2, 0) is 0 Å². The van der Waals surface area contributed by atoms with Gasteiger partial charge in [-0.15, -0.1) is 0 Å². The van der Waals surface area contributed by atoms with Crippen molar-refractivity contribution in [2.75, 3.05) is 0 Å². The van der Waals surface area contributed by atoms with Crippen LogP contribution in [0.2, 0.25) is 0 Å². The molecule has 0 aliphatic rings. The van der Waals surface area contributed by atoms with E-state index in [4.69, 9.17) is 5.10 Å². The normalized spacial score (nSPS) is 11.7. The van der Waals surface area contributed by atoms with Crippen molar-refractivity contribution in [2.45, 2.75) is 0 Å². The van der Waals surface area contributed by atoms with Gasteiger partial charge >= 0.3 is 0 Å². The van der Waals surface area contributed by atoms with E-state index >= 15 is 0 Å². The zero-order chi connectivity index (χ0) is 28.3. The number of hydrogen-bond donors (Lipinski definition) is 0. The molecule has 7 aromatic carbocycles. The number of aromatic nitrogens is 2. The lowest BCUT2D eigenvalue weighted by Gasteiger charge is -2.18. The van der Waals surface area contributed by atoms with Crippen LogP contribution < -0.4 is 0 Å². The molecule has 0 N–H and O–H groups in total. The smallest absolute Gasteiger partial charge is 0.0933 e. The second kappa shape index (κ2) is 9.40. The molecular formula is C41H26N2. The molecule has 0 fully saturated rings. The average molecular weight is 547 g/mol. The molecule has 0 unspecified atom stereocenters. The van der Waals surface area contributed by atoms with Gasteiger partial charge in [-0.2, -0.15) is 5.10 Å². The van der Waals surface area contributed by atoms with Gasteiger partial charge in [0.25, 0.3) is 0 Å². The van der Waals surface area contributed by atoms with Crippen LogP contribution in [0.3, 0.4) is 0 Å². The third-order valence-electron chi connectivity index (χ3n) is 8.76. The Kier molecular flexibility index (Phi) is 5.23. The van der Waals surface area contributed by atoms with E-state index in [1.165, 1.54) is 65.3 Å². The van der Waals surface area contributed by atoms with Crippen LogP contribution in [0.1, 0.15) is 0 Å². The van der Waals surface area contributed by atoms with Crippen LogP contribution in [0, 0.1) is 0 Å². The van der Waals surface area contributed by atoms with Crippen LogP contribution in [0.4, 0.5) is 0 Å². The number of hydrogen-bond acceptors (Lipinski definition) is 1. The standard InChI is InChI=1S/C41H26N2/c1-2-10-30-23-32(22-17-27(30)9-1)41-37-15-7-5-13-35(37)40(36-14-6-8-16-38(36)41)29-20-18-28(19-21-29)39-25-34-24-31-11-3-4-12-33(31)26-43(34)42-39/h1-26H. The van der Waals surface area contributed by atoms with Gasteiger partial charge in [-0.05, 0) is 78.2 Å². The molecule has 2 nitrogen and oxygen atoms in total. The molecule has 2 aromatic heterocycles. The highest BCUT2D eigenvalue weighted by atomic mass is 15.2. The molecule has 0 saturated heterocycles. The number of nitrogens with zero attached hydrogens (tertiary/aromatic N) is 2. The lowest BCUT2D eigenvalue weighted by Crippen LogP contribution is -1.91. The van der Waals surface area contributed by atoms with E-state index in [0.717, 1.165) is 16.8 Å². The van der Waals surface area contributed by atoms with Gasteiger partial charge in [-0.25, -0.2) is 4.52 Å². The van der Waals surface area contributed by atoms with E-state index in [-0.39, 0.29) is 0 Å². The van der Waals surface area contributed by atoms with Crippen LogP contribution in [0.5, 0.6) is 0 Å². The zero-order valence-corrected chi connectivity index (χ0v) is 23.4. The molecule has 9 aromatic rings. The van der Waals surface area contributed by atoms with Gasteiger partial charge < -0.3 is 0 Å². The minimum absolute atomic E-state index is 0.975. The fourth-order valence-corrected chi connectivity index (χ4v) is 6.72. The molecule has 200 valence electrons. The van der Waals surface area contributed by atoms with E-state index in [1.807, 2.05) is 4.52 Å². The van der Waals surface area contributed by atoms with Crippen molar-refractivity contribution in [1.29, 1.82) is 0 Å². The zero-order valence-electron chi connectivity index (χ0n) is 23.4. The lowest BCUT2D eigenvalue weighted by molar-refractivity contribution is 0.974. The molecule has 9 rings (SSSR count). The number of pyridine rings is 1. The summed E-state index contributed by atoms with van der Waals surface area (Å²) in [5.41, 5.74) is 8.18. The third kappa shape index (κ3) is 3.84. The molecule has 0 spiro atoms. The summed E-state index contributed by atoms with van der Waals surface area (Å²) in [6.45, 7) is 0. The molecular weight excluding hydrogens is 520 g/mol. The van der Waals surface area contributed by atoms with Gasteiger partial charge in [0.15, 0.2) is 0 Å². The minimum Gasteiger partial charge on any atom is -0.240 e. The maximum Gasteiger partial charge on any atom is 0.0933 e. The maximum atomic E-state index is 4.92. The van der Waals surface area contributed by atoms with E-state index in [9.17, 15) is 0 Å². The molecule has 0 saturated carbocycles. The summed E-state index contributed by atoms with van der Waals surface area (Å²) in [5, 5.41) is 14.9. The van der Waals surface area contributed by atoms with Gasteiger partial charge in [0, 0.05) is 17.1 Å². The fraction of sp³-hybridized carbons (Fsp3) is 0. The summed E-state index contributed by atoms with van der Waals surface area (Å²) in [5.74, 6) is 0.